The molecule has 186 valence electrons. The van der Waals surface area contributed by atoms with Crippen molar-refractivity contribution in [2.45, 2.75) is 44.2 Å². The molecule has 3 amide bonds. The average molecular weight is 506 g/mol. The van der Waals surface area contributed by atoms with E-state index in [0.717, 1.165) is 50.2 Å². The third-order valence-corrected chi connectivity index (χ3v) is 7.76. The zero-order chi connectivity index (χ0) is 24.8. The zero-order valence-corrected chi connectivity index (χ0v) is 20.7. The molecule has 3 aromatic heterocycles. The van der Waals surface area contributed by atoms with E-state index in [1.807, 2.05) is 17.5 Å². The van der Waals surface area contributed by atoms with Crippen LogP contribution in [0.4, 0.5) is 5.82 Å². The molecule has 2 aliphatic heterocycles. The summed E-state index contributed by atoms with van der Waals surface area (Å²) in [6, 6.07) is 4.42. The Balaban J connectivity index is 1.31. The fourth-order valence-electron chi connectivity index (χ4n) is 4.58. The lowest BCUT2D eigenvalue weighted by Gasteiger charge is -2.29. The van der Waals surface area contributed by atoms with Gasteiger partial charge in [-0.1, -0.05) is 0 Å². The largest absolute Gasteiger partial charge is 0.367 e. The first kappa shape index (κ1) is 22.9. The molecular weight excluding hydrogens is 478 g/mol. The Kier molecular flexibility index (Phi) is 5.81. The Bertz CT molecular complexity index is 1400. The van der Waals surface area contributed by atoms with Gasteiger partial charge in [-0.15, -0.1) is 11.3 Å². The van der Waals surface area contributed by atoms with Crippen LogP contribution >= 0.6 is 11.3 Å². The van der Waals surface area contributed by atoms with Crippen molar-refractivity contribution in [3.05, 3.63) is 39.7 Å². The van der Waals surface area contributed by atoms with Crippen LogP contribution < -0.4 is 16.0 Å². The number of thiophene rings is 1. The van der Waals surface area contributed by atoms with E-state index in [2.05, 4.69) is 33.0 Å². The molecule has 3 N–H and O–H groups in total. The number of aromatic nitrogens is 3. The number of carbonyl (C=O) groups excluding carboxylic acids is 3. The smallest absolute Gasteiger partial charge is 0.261 e. The number of anilines is 1. The fraction of sp³-hybridized carbons (Fsp3) is 0.400. The Morgan fingerprint density at radius 3 is 2.69 bits per heavy atom. The molecule has 6 rings (SSSR count). The number of amides is 3. The highest BCUT2D eigenvalue weighted by atomic mass is 32.1. The van der Waals surface area contributed by atoms with E-state index in [-0.39, 0.29) is 30.2 Å². The highest BCUT2D eigenvalue weighted by Gasteiger charge is 2.26. The van der Waals surface area contributed by atoms with Crippen molar-refractivity contribution >= 4 is 46.6 Å². The van der Waals surface area contributed by atoms with Crippen LogP contribution in [0.15, 0.2) is 29.3 Å². The van der Waals surface area contributed by atoms with Crippen LogP contribution in [0, 0.1) is 0 Å². The third kappa shape index (κ3) is 4.63. The number of piperidine rings is 1. The number of rotatable bonds is 6. The van der Waals surface area contributed by atoms with Gasteiger partial charge in [0, 0.05) is 40.2 Å². The van der Waals surface area contributed by atoms with Gasteiger partial charge in [-0.25, -0.2) is 4.98 Å². The van der Waals surface area contributed by atoms with E-state index in [0.29, 0.717) is 33.4 Å². The number of likely N-dealkylation sites (tertiary alicyclic amines) is 1. The molecule has 0 spiro atoms. The fourth-order valence-corrected chi connectivity index (χ4v) is 5.38. The Hall–Kier alpha value is -3.57. The molecule has 3 fully saturated rings. The second kappa shape index (κ2) is 9.14. The maximum atomic E-state index is 12.9. The normalized spacial score (nSPS) is 20.3. The molecule has 0 aromatic carbocycles. The molecule has 0 radical (unpaired) electrons. The predicted octanol–water partition coefficient (Wildman–Crippen LogP) is 2.29. The maximum Gasteiger partial charge on any atom is 0.261 e. The highest BCUT2D eigenvalue weighted by molar-refractivity contribution is 7.12. The summed E-state index contributed by atoms with van der Waals surface area (Å²) in [6.45, 7) is 1.97. The van der Waals surface area contributed by atoms with Gasteiger partial charge in [0.25, 0.3) is 11.8 Å². The average Bonchev–Trinajstić information content (AvgIpc) is 3.24. The third-order valence-electron chi connectivity index (χ3n) is 6.83. The van der Waals surface area contributed by atoms with Crippen LogP contribution in [0.5, 0.6) is 0 Å². The summed E-state index contributed by atoms with van der Waals surface area (Å²) in [5.41, 5.74) is 3.20. The summed E-state index contributed by atoms with van der Waals surface area (Å²) in [6.07, 6.45) is 7.48. The molecule has 3 aliphatic rings. The molecule has 0 unspecified atom stereocenters. The number of carbonyl (C=O) groups is 3. The second-order valence-corrected chi connectivity index (χ2v) is 10.7. The van der Waals surface area contributed by atoms with Crippen molar-refractivity contribution in [2.24, 2.45) is 0 Å². The molecule has 11 heteroatoms. The van der Waals surface area contributed by atoms with Gasteiger partial charge in [0.05, 0.1) is 23.2 Å². The molecule has 2 saturated heterocycles. The van der Waals surface area contributed by atoms with Gasteiger partial charge in [-0.3, -0.25) is 19.7 Å². The van der Waals surface area contributed by atoms with Crippen molar-refractivity contribution in [2.75, 3.05) is 25.5 Å². The number of hydrogen-bond acceptors (Lipinski definition) is 8. The standard InChI is InChI=1S/C25H27N7O3S/c1-31-6-4-18(5-7-31)28-25(35)20-9-16(13-36-20)19-11-21(27-17-2-3-17)32-23(29-19)15(12-26-32)8-14-10-22(33)30-24(14)34/h8-9,11-13,17-18,27H,2-7,10H2,1H3,(H,28,35)(H,30,33,34)/b14-8+. The van der Waals surface area contributed by atoms with Gasteiger partial charge in [-0.2, -0.15) is 9.61 Å². The van der Waals surface area contributed by atoms with Crippen molar-refractivity contribution < 1.29 is 14.4 Å². The van der Waals surface area contributed by atoms with Crippen LogP contribution in [0.3, 0.4) is 0 Å². The molecule has 3 aromatic rings. The van der Waals surface area contributed by atoms with Gasteiger partial charge >= 0.3 is 0 Å². The molecule has 1 saturated carbocycles. The van der Waals surface area contributed by atoms with Gasteiger partial charge in [-0.05, 0) is 58.0 Å². The van der Waals surface area contributed by atoms with Gasteiger partial charge in [0.15, 0.2) is 5.65 Å². The number of fused-ring (bicyclic) bond motifs is 1. The first-order valence-corrected chi connectivity index (χ1v) is 13.1. The van der Waals surface area contributed by atoms with Gasteiger partial charge in [0.1, 0.15) is 5.82 Å². The van der Waals surface area contributed by atoms with E-state index < -0.39 is 0 Å². The Morgan fingerprint density at radius 1 is 1.17 bits per heavy atom. The minimum Gasteiger partial charge on any atom is -0.367 e. The highest BCUT2D eigenvalue weighted by Crippen LogP contribution is 2.31. The van der Waals surface area contributed by atoms with Crippen LogP contribution in [-0.2, 0) is 9.59 Å². The monoisotopic (exact) mass is 505 g/mol. The summed E-state index contributed by atoms with van der Waals surface area (Å²) >= 11 is 1.40. The zero-order valence-electron chi connectivity index (χ0n) is 19.9. The minimum absolute atomic E-state index is 0.0450. The molecule has 0 atom stereocenters. The van der Waals surface area contributed by atoms with Crippen molar-refractivity contribution in [3.8, 4) is 11.3 Å². The second-order valence-electron chi connectivity index (χ2n) is 9.75. The molecule has 36 heavy (non-hydrogen) atoms. The number of imide groups is 1. The lowest BCUT2D eigenvalue weighted by atomic mass is 10.1. The summed E-state index contributed by atoms with van der Waals surface area (Å²) < 4.78 is 1.73. The van der Waals surface area contributed by atoms with E-state index in [1.54, 1.807) is 16.8 Å². The summed E-state index contributed by atoms with van der Waals surface area (Å²) in [7, 11) is 2.10. The minimum atomic E-state index is -0.384. The van der Waals surface area contributed by atoms with Gasteiger partial charge < -0.3 is 15.5 Å². The number of nitrogens with zero attached hydrogens (tertiary/aromatic N) is 4. The van der Waals surface area contributed by atoms with Crippen molar-refractivity contribution in [1.82, 2.24) is 30.1 Å². The molecule has 0 bridgehead atoms. The number of nitrogens with one attached hydrogen (secondary N) is 3. The van der Waals surface area contributed by atoms with Crippen molar-refractivity contribution in [1.29, 1.82) is 0 Å². The molecular formula is C25H27N7O3S. The SMILES string of the molecule is CN1CCC(NC(=O)c2cc(-c3cc(NC4CC4)n4ncc(/C=C5\CC(=O)NC5=O)c4n3)cs2)CC1. The summed E-state index contributed by atoms with van der Waals surface area (Å²) in [5.74, 6) is 0.0595. The molecule has 1 aliphatic carbocycles. The van der Waals surface area contributed by atoms with E-state index in [1.165, 1.54) is 11.3 Å². The quantitative estimate of drug-likeness (QED) is 0.347. The Labute approximate surface area is 211 Å². The van der Waals surface area contributed by atoms with E-state index in [9.17, 15) is 14.4 Å². The van der Waals surface area contributed by atoms with Gasteiger partial charge in [0.2, 0.25) is 5.91 Å². The van der Waals surface area contributed by atoms with Crippen LogP contribution in [0.25, 0.3) is 23.0 Å². The van der Waals surface area contributed by atoms with Crippen molar-refractivity contribution in [3.63, 3.8) is 0 Å². The topological polar surface area (TPSA) is 121 Å². The van der Waals surface area contributed by atoms with E-state index in [4.69, 9.17) is 4.98 Å². The lowest BCUT2D eigenvalue weighted by Crippen LogP contribution is -2.43. The molecule has 5 heterocycles. The predicted molar refractivity (Wildman–Crippen MR) is 137 cm³/mol. The first-order valence-electron chi connectivity index (χ1n) is 12.2. The lowest BCUT2D eigenvalue weighted by molar-refractivity contribution is -0.124. The Morgan fingerprint density at radius 2 is 1.97 bits per heavy atom. The van der Waals surface area contributed by atoms with E-state index >= 15 is 0 Å². The summed E-state index contributed by atoms with van der Waals surface area (Å²) in [5, 5.41) is 15.4. The number of hydrogen-bond donors (Lipinski definition) is 3. The van der Waals surface area contributed by atoms with Crippen LogP contribution in [0.1, 0.15) is 47.3 Å². The first-order chi connectivity index (χ1) is 17.4. The van der Waals surface area contributed by atoms with Crippen LogP contribution in [0.2, 0.25) is 0 Å². The maximum absolute atomic E-state index is 12.9. The summed E-state index contributed by atoms with van der Waals surface area (Å²) in [4.78, 5) is 44.4. The van der Waals surface area contributed by atoms with Crippen LogP contribution in [-0.4, -0.2) is 69.4 Å². The molecule has 10 nitrogen and oxygen atoms in total.